The molecule has 7 rings (SSSR count). The number of hydrogen-bond donors (Lipinski definition) is 1. The number of guanidine groups is 1. The molecule has 2 N–H and O–H groups in total. The molecule has 2 aromatic carbocycles. The van der Waals surface area contributed by atoms with Crippen molar-refractivity contribution >= 4 is 5.96 Å². The van der Waals surface area contributed by atoms with Crippen molar-refractivity contribution in [2.24, 2.45) is 33.9 Å². The Morgan fingerprint density at radius 1 is 0.935 bits per heavy atom. The van der Waals surface area contributed by atoms with Crippen molar-refractivity contribution in [3.05, 3.63) is 54.1 Å². The highest BCUT2D eigenvalue weighted by molar-refractivity contribution is 5.81. The van der Waals surface area contributed by atoms with Crippen LogP contribution in [-0.4, -0.2) is 31.6 Å². The van der Waals surface area contributed by atoms with Gasteiger partial charge in [-0.1, -0.05) is 30.3 Å². The molecule has 0 radical (unpaired) electrons. The van der Waals surface area contributed by atoms with Gasteiger partial charge in [-0.2, -0.15) is 0 Å². The van der Waals surface area contributed by atoms with E-state index >= 15 is 0 Å². The lowest BCUT2D eigenvalue weighted by Crippen LogP contribution is -2.57. The molecule has 4 fully saturated rings. The molecule has 4 nitrogen and oxygen atoms in total. The van der Waals surface area contributed by atoms with E-state index in [2.05, 4.69) is 54.4 Å². The van der Waals surface area contributed by atoms with Gasteiger partial charge >= 0.3 is 0 Å². The van der Waals surface area contributed by atoms with Crippen molar-refractivity contribution in [2.75, 3.05) is 20.7 Å². The van der Waals surface area contributed by atoms with Crippen LogP contribution in [0.3, 0.4) is 0 Å². The van der Waals surface area contributed by atoms with Crippen LogP contribution in [0.5, 0.6) is 5.75 Å². The van der Waals surface area contributed by atoms with Gasteiger partial charge in [-0.15, -0.1) is 0 Å². The number of rotatable bonds is 4. The van der Waals surface area contributed by atoms with Gasteiger partial charge < -0.3 is 15.4 Å². The largest absolute Gasteiger partial charge is 0.497 e. The van der Waals surface area contributed by atoms with E-state index in [4.69, 9.17) is 15.5 Å². The monoisotopic (exact) mass is 415 g/mol. The van der Waals surface area contributed by atoms with Crippen molar-refractivity contribution < 1.29 is 4.74 Å². The second kappa shape index (κ2) is 6.75. The summed E-state index contributed by atoms with van der Waals surface area (Å²) in [5.74, 6) is 4.23. The molecule has 0 aromatic heterocycles. The number of methoxy groups -OCH3 is 1. The fourth-order valence-electron chi connectivity index (χ4n) is 7.86. The molecular formula is C27H33N3O. The van der Waals surface area contributed by atoms with Gasteiger partial charge in [-0.3, -0.25) is 0 Å². The lowest BCUT2D eigenvalue weighted by atomic mass is 9.44. The molecule has 31 heavy (non-hydrogen) atoms. The predicted octanol–water partition coefficient (Wildman–Crippen LogP) is 5.03. The molecule has 0 amide bonds. The first kappa shape index (κ1) is 19.2. The molecule has 4 saturated carbocycles. The average molecular weight is 416 g/mol. The predicted molar refractivity (Wildman–Crippen MR) is 125 cm³/mol. The van der Waals surface area contributed by atoms with Gasteiger partial charge in [0.2, 0.25) is 0 Å². The van der Waals surface area contributed by atoms with Crippen LogP contribution >= 0.6 is 0 Å². The maximum Gasteiger partial charge on any atom is 0.192 e. The normalized spacial score (nSPS) is 36.0. The molecule has 4 aliphatic carbocycles. The number of likely N-dealkylation sites (N-methyl/N-ethyl adjacent to an activating group) is 1. The van der Waals surface area contributed by atoms with Crippen molar-refractivity contribution in [3.8, 4) is 16.9 Å². The molecule has 4 bridgehead atoms. The Morgan fingerprint density at radius 2 is 1.55 bits per heavy atom. The van der Waals surface area contributed by atoms with Gasteiger partial charge in [-0.05, 0) is 91.2 Å². The number of benzene rings is 2. The highest BCUT2D eigenvalue weighted by Gasteiger charge is 2.63. The van der Waals surface area contributed by atoms with E-state index in [1.165, 1.54) is 55.2 Å². The van der Waals surface area contributed by atoms with E-state index in [0.717, 1.165) is 30.0 Å². The van der Waals surface area contributed by atoms with Gasteiger partial charge in [-0.25, -0.2) is 4.99 Å². The highest BCUT2D eigenvalue weighted by atomic mass is 16.5. The maximum atomic E-state index is 6.46. The zero-order valence-electron chi connectivity index (χ0n) is 18.7. The van der Waals surface area contributed by atoms with Crippen LogP contribution in [0, 0.1) is 23.2 Å². The van der Waals surface area contributed by atoms with Gasteiger partial charge in [0.25, 0.3) is 0 Å². The Kier molecular flexibility index (Phi) is 4.19. The number of ether oxygens (including phenoxy) is 1. The van der Waals surface area contributed by atoms with E-state index in [1.807, 2.05) is 6.07 Å². The zero-order valence-corrected chi connectivity index (χ0v) is 18.7. The topological polar surface area (TPSA) is 50.9 Å². The first-order valence-corrected chi connectivity index (χ1v) is 11.8. The third kappa shape index (κ3) is 2.83. The molecule has 2 aromatic rings. The first-order valence-electron chi connectivity index (χ1n) is 11.8. The minimum Gasteiger partial charge on any atom is -0.497 e. The second-order valence-corrected chi connectivity index (χ2v) is 10.7. The summed E-state index contributed by atoms with van der Waals surface area (Å²) in [6, 6.07) is 17.4. The van der Waals surface area contributed by atoms with Crippen LogP contribution in [0.4, 0.5) is 0 Å². The average Bonchev–Trinajstić information content (AvgIpc) is 3.09. The summed E-state index contributed by atoms with van der Waals surface area (Å²) >= 11 is 0. The van der Waals surface area contributed by atoms with Gasteiger partial charge in [0.05, 0.1) is 13.7 Å². The molecule has 4 heteroatoms. The smallest absolute Gasteiger partial charge is 0.192 e. The van der Waals surface area contributed by atoms with Crippen LogP contribution in [0.15, 0.2) is 53.5 Å². The third-order valence-electron chi connectivity index (χ3n) is 8.82. The van der Waals surface area contributed by atoms with E-state index < -0.39 is 0 Å². The van der Waals surface area contributed by atoms with E-state index in [9.17, 15) is 0 Å². The Morgan fingerprint density at radius 3 is 2.13 bits per heavy atom. The van der Waals surface area contributed by atoms with Crippen molar-refractivity contribution in [2.45, 2.75) is 44.1 Å². The van der Waals surface area contributed by atoms with Crippen LogP contribution in [-0.2, 0) is 5.54 Å². The summed E-state index contributed by atoms with van der Waals surface area (Å²) in [4.78, 5) is 7.50. The van der Waals surface area contributed by atoms with Crippen LogP contribution in [0.1, 0.15) is 44.1 Å². The Labute approximate surface area is 185 Å². The van der Waals surface area contributed by atoms with E-state index in [0.29, 0.717) is 5.96 Å². The SMILES string of the molecule is COc1cccc(-c2cccc(C3(C45CC6CC(CC(C6)C4)C5)CN(C)C(N)=N3)c2)c1. The molecule has 5 aliphatic rings. The van der Waals surface area contributed by atoms with E-state index in [-0.39, 0.29) is 11.0 Å². The van der Waals surface area contributed by atoms with Crippen LogP contribution in [0.25, 0.3) is 11.1 Å². The summed E-state index contributed by atoms with van der Waals surface area (Å²) in [7, 11) is 3.83. The lowest BCUT2D eigenvalue weighted by Gasteiger charge is -2.62. The molecule has 0 saturated heterocycles. The summed E-state index contributed by atoms with van der Waals surface area (Å²) < 4.78 is 5.47. The molecule has 1 aliphatic heterocycles. The van der Waals surface area contributed by atoms with Gasteiger partial charge in [0.1, 0.15) is 11.3 Å². The molecule has 1 unspecified atom stereocenters. The number of nitrogens with zero attached hydrogens (tertiary/aromatic N) is 2. The third-order valence-corrected chi connectivity index (χ3v) is 8.82. The highest BCUT2D eigenvalue weighted by Crippen LogP contribution is 2.67. The standard InChI is InChI=1S/C27H33N3O/c1-30-17-27(29-25(30)28,26-14-18-9-19(15-26)11-20(10-18)16-26)23-7-3-5-21(12-23)22-6-4-8-24(13-22)31-2/h3-8,12-13,18-20H,9-11,14-17H2,1-2H3,(H2,28,29). The van der Waals surface area contributed by atoms with Crippen molar-refractivity contribution in [1.29, 1.82) is 0 Å². The van der Waals surface area contributed by atoms with Gasteiger partial charge in [0, 0.05) is 12.5 Å². The number of aliphatic imine (C=N–C) groups is 1. The lowest BCUT2D eigenvalue weighted by molar-refractivity contribution is -0.0987. The van der Waals surface area contributed by atoms with Crippen molar-refractivity contribution in [3.63, 3.8) is 0 Å². The first-order chi connectivity index (χ1) is 15.0. The molecule has 162 valence electrons. The van der Waals surface area contributed by atoms with Crippen LogP contribution < -0.4 is 10.5 Å². The number of hydrogen-bond acceptors (Lipinski definition) is 4. The van der Waals surface area contributed by atoms with Crippen molar-refractivity contribution in [1.82, 2.24) is 4.90 Å². The summed E-state index contributed by atoms with van der Waals surface area (Å²) in [5, 5.41) is 0. The van der Waals surface area contributed by atoms with Gasteiger partial charge in [0.15, 0.2) is 5.96 Å². The molecule has 0 spiro atoms. The Balaban J connectivity index is 1.48. The van der Waals surface area contributed by atoms with E-state index in [1.54, 1.807) is 7.11 Å². The fourth-order valence-corrected chi connectivity index (χ4v) is 7.86. The summed E-state index contributed by atoms with van der Waals surface area (Å²) in [6.07, 6.45) is 8.25. The minimum atomic E-state index is -0.239. The minimum absolute atomic E-state index is 0.239. The molecule has 1 atom stereocenters. The maximum absolute atomic E-state index is 6.46. The molecule has 1 heterocycles. The second-order valence-electron chi connectivity index (χ2n) is 10.7. The van der Waals surface area contributed by atoms with Crippen LogP contribution in [0.2, 0.25) is 0 Å². The zero-order chi connectivity index (χ0) is 21.2. The molecular weight excluding hydrogens is 382 g/mol. The Bertz CT molecular complexity index is 1010. The fraction of sp³-hybridized carbons (Fsp3) is 0.519. The Hall–Kier alpha value is -2.49. The quantitative estimate of drug-likeness (QED) is 0.762. The summed E-state index contributed by atoms with van der Waals surface area (Å²) in [6.45, 7) is 0.895. The number of nitrogens with two attached hydrogens (primary N) is 1. The summed E-state index contributed by atoms with van der Waals surface area (Å²) in [5.41, 5.74) is 10.2.